The number of likely N-dealkylation sites (tertiary alicyclic amines) is 1. The number of anilines is 1. The zero-order valence-corrected chi connectivity index (χ0v) is 26.8. The average Bonchev–Trinajstić information content (AvgIpc) is 3.08. The number of piperidine rings is 1. The average molecular weight is 642 g/mol. The molecule has 5 rings (SSSR count). The van der Waals surface area contributed by atoms with Gasteiger partial charge in [-0.1, -0.05) is 24.6 Å². The molecule has 47 heavy (non-hydrogen) atoms. The van der Waals surface area contributed by atoms with Gasteiger partial charge in [0.2, 0.25) is 0 Å². The minimum atomic E-state index is -0.666. The van der Waals surface area contributed by atoms with Crippen molar-refractivity contribution in [3.05, 3.63) is 90.4 Å². The van der Waals surface area contributed by atoms with Gasteiger partial charge in [0, 0.05) is 41.5 Å². The van der Waals surface area contributed by atoms with Gasteiger partial charge in [-0.3, -0.25) is 4.98 Å². The standard InChI is InChI=1S/C36H40FN5O5/c1-4-10-25-11-8-12-26(35(25)45-3)24-39-41-36(43)40-27-13-14-32(29(37)21-27)47-31-15-16-38-30-23-34(33(44-2)22-28(30)31)46-20-9-19-42-17-6-5-7-18-42/h4,8,11-16,21-24H,1,5-7,9-10,17-20H2,2-3H3,(H2,40,41,43)/b39-24+. The number of urea groups is 1. The number of para-hydroxylation sites is 1. The van der Waals surface area contributed by atoms with E-state index >= 15 is 4.39 Å². The van der Waals surface area contributed by atoms with Gasteiger partial charge in [0.25, 0.3) is 0 Å². The summed E-state index contributed by atoms with van der Waals surface area (Å²) in [6.45, 7) is 7.63. The van der Waals surface area contributed by atoms with Crippen molar-refractivity contribution in [1.82, 2.24) is 15.3 Å². The van der Waals surface area contributed by atoms with Crippen LogP contribution in [0.2, 0.25) is 0 Å². The van der Waals surface area contributed by atoms with Gasteiger partial charge < -0.3 is 29.2 Å². The number of hydrazone groups is 1. The lowest BCUT2D eigenvalue weighted by Crippen LogP contribution is -2.31. The van der Waals surface area contributed by atoms with Gasteiger partial charge >= 0.3 is 6.03 Å². The zero-order chi connectivity index (χ0) is 33.0. The maximum atomic E-state index is 15.1. The predicted octanol–water partition coefficient (Wildman–Crippen LogP) is 7.32. The van der Waals surface area contributed by atoms with Crippen LogP contribution in [0.4, 0.5) is 14.9 Å². The molecular formula is C36H40FN5O5. The number of ether oxygens (including phenoxy) is 4. The molecule has 1 saturated heterocycles. The number of fused-ring (bicyclic) bond motifs is 1. The van der Waals surface area contributed by atoms with Crippen molar-refractivity contribution in [2.24, 2.45) is 5.10 Å². The Morgan fingerprint density at radius 2 is 1.87 bits per heavy atom. The Morgan fingerprint density at radius 3 is 2.64 bits per heavy atom. The molecule has 246 valence electrons. The second-order valence-corrected chi connectivity index (χ2v) is 11.0. The van der Waals surface area contributed by atoms with Gasteiger partial charge in [-0.15, -0.1) is 6.58 Å². The van der Waals surface area contributed by atoms with E-state index in [1.165, 1.54) is 43.7 Å². The van der Waals surface area contributed by atoms with Crippen molar-refractivity contribution < 1.29 is 28.1 Å². The molecule has 2 heterocycles. The number of rotatable bonds is 14. The number of hydrogen-bond acceptors (Lipinski definition) is 8. The third-order valence-corrected chi connectivity index (χ3v) is 7.79. The van der Waals surface area contributed by atoms with Crippen LogP contribution in [0.15, 0.2) is 78.6 Å². The van der Waals surface area contributed by atoms with E-state index in [-0.39, 0.29) is 11.4 Å². The van der Waals surface area contributed by atoms with Crippen LogP contribution < -0.4 is 29.7 Å². The fourth-order valence-electron chi connectivity index (χ4n) is 5.51. The summed E-state index contributed by atoms with van der Waals surface area (Å²) >= 11 is 0. The van der Waals surface area contributed by atoms with Gasteiger partial charge in [0.15, 0.2) is 23.1 Å². The van der Waals surface area contributed by atoms with Gasteiger partial charge in [-0.2, -0.15) is 5.10 Å². The second kappa shape index (κ2) is 16.4. The smallest absolute Gasteiger partial charge is 0.339 e. The molecule has 0 saturated carbocycles. The molecule has 0 atom stereocenters. The molecule has 0 radical (unpaired) electrons. The number of halogens is 1. The third kappa shape index (κ3) is 8.76. The van der Waals surface area contributed by atoms with E-state index in [1.807, 2.05) is 18.2 Å². The Morgan fingerprint density at radius 1 is 1.02 bits per heavy atom. The minimum Gasteiger partial charge on any atom is -0.496 e. The number of carbonyl (C=O) groups excluding carboxylic acids is 1. The topological polar surface area (TPSA) is 107 Å². The Bertz CT molecular complexity index is 1720. The van der Waals surface area contributed by atoms with Crippen molar-refractivity contribution in [1.29, 1.82) is 0 Å². The number of hydrogen-bond donors (Lipinski definition) is 2. The van der Waals surface area contributed by atoms with E-state index in [0.29, 0.717) is 52.5 Å². The molecule has 0 spiro atoms. The number of carbonyl (C=O) groups is 1. The van der Waals surface area contributed by atoms with Crippen molar-refractivity contribution in [2.75, 3.05) is 45.8 Å². The third-order valence-electron chi connectivity index (χ3n) is 7.79. The van der Waals surface area contributed by atoms with Crippen LogP contribution >= 0.6 is 0 Å². The van der Waals surface area contributed by atoms with Crippen molar-refractivity contribution >= 4 is 28.8 Å². The predicted molar refractivity (Wildman–Crippen MR) is 182 cm³/mol. The molecule has 1 aromatic heterocycles. The van der Waals surface area contributed by atoms with Crippen molar-refractivity contribution in [2.45, 2.75) is 32.1 Å². The number of amides is 2. The second-order valence-electron chi connectivity index (χ2n) is 11.0. The summed E-state index contributed by atoms with van der Waals surface area (Å²) < 4.78 is 38.3. The molecule has 4 aromatic rings. The summed E-state index contributed by atoms with van der Waals surface area (Å²) in [5.74, 6) is 1.47. The summed E-state index contributed by atoms with van der Waals surface area (Å²) in [7, 11) is 3.14. The lowest BCUT2D eigenvalue weighted by molar-refractivity contribution is 0.203. The lowest BCUT2D eigenvalue weighted by Gasteiger charge is -2.26. The quantitative estimate of drug-likeness (QED) is 0.0643. The van der Waals surface area contributed by atoms with Crippen LogP contribution in [0, 0.1) is 5.82 Å². The summed E-state index contributed by atoms with van der Waals surface area (Å²) in [5.41, 5.74) is 4.85. The fourth-order valence-corrected chi connectivity index (χ4v) is 5.51. The number of aromatic nitrogens is 1. The summed E-state index contributed by atoms with van der Waals surface area (Å²) in [6, 6.07) is 14.3. The van der Waals surface area contributed by atoms with Crippen molar-refractivity contribution in [3.63, 3.8) is 0 Å². The molecule has 10 nitrogen and oxygen atoms in total. The fraction of sp³-hybridized carbons (Fsp3) is 0.306. The first-order chi connectivity index (χ1) is 23.0. The number of allylic oxidation sites excluding steroid dienone is 1. The van der Waals surface area contributed by atoms with Gasteiger partial charge in [0.1, 0.15) is 11.5 Å². The number of nitrogens with one attached hydrogen (secondary N) is 2. The largest absolute Gasteiger partial charge is 0.496 e. The van der Waals surface area contributed by atoms with Crippen molar-refractivity contribution in [3.8, 4) is 28.7 Å². The monoisotopic (exact) mass is 641 g/mol. The van der Waals surface area contributed by atoms with Gasteiger partial charge in [-0.25, -0.2) is 14.6 Å². The van der Waals surface area contributed by atoms with Gasteiger partial charge in [-0.05, 0) is 74.7 Å². The zero-order valence-electron chi connectivity index (χ0n) is 26.8. The number of methoxy groups -OCH3 is 2. The molecule has 2 amide bonds. The Hall–Kier alpha value is -5.16. The maximum Gasteiger partial charge on any atom is 0.339 e. The molecule has 1 fully saturated rings. The highest BCUT2D eigenvalue weighted by atomic mass is 19.1. The highest BCUT2D eigenvalue weighted by Crippen LogP contribution is 2.38. The van der Waals surface area contributed by atoms with Crippen LogP contribution in [0.3, 0.4) is 0 Å². The highest BCUT2D eigenvalue weighted by Gasteiger charge is 2.15. The van der Waals surface area contributed by atoms with Crippen LogP contribution in [0.5, 0.6) is 28.7 Å². The number of pyridine rings is 1. The number of benzene rings is 3. The highest BCUT2D eigenvalue weighted by molar-refractivity contribution is 5.91. The molecule has 2 N–H and O–H groups in total. The van der Waals surface area contributed by atoms with Crippen LogP contribution in [-0.2, 0) is 6.42 Å². The molecule has 3 aromatic carbocycles. The Balaban J connectivity index is 1.20. The van der Waals surface area contributed by atoms with E-state index < -0.39 is 11.8 Å². The van der Waals surface area contributed by atoms with E-state index in [4.69, 9.17) is 18.9 Å². The summed E-state index contributed by atoms with van der Waals surface area (Å²) in [5, 5.41) is 7.19. The SMILES string of the molecule is C=CCc1cccc(/C=N/NC(=O)Nc2ccc(Oc3ccnc4cc(OCCCN5CCCCC5)c(OC)cc34)c(F)c2)c1OC. The summed E-state index contributed by atoms with van der Waals surface area (Å²) in [6.07, 6.45) is 10.2. The first-order valence-electron chi connectivity index (χ1n) is 15.6. The molecule has 11 heteroatoms. The molecular weight excluding hydrogens is 601 g/mol. The Kier molecular flexibility index (Phi) is 11.6. The van der Waals surface area contributed by atoms with Crippen LogP contribution in [0.1, 0.15) is 36.8 Å². The first kappa shape index (κ1) is 33.2. The molecule has 1 aliphatic rings. The molecule has 0 bridgehead atoms. The van der Waals surface area contributed by atoms with E-state index in [0.717, 1.165) is 31.6 Å². The maximum absolute atomic E-state index is 15.1. The number of nitrogens with zero attached hydrogens (tertiary/aromatic N) is 3. The summed E-state index contributed by atoms with van der Waals surface area (Å²) in [4.78, 5) is 19.4. The van der Waals surface area contributed by atoms with Crippen LogP contribution in [-0.4, -0.2) is 62.6 Å². The molecule has 0 aliphatic carbocycles. The Labute approximate surface area is 274 Å². The lowest BCUT2D eigenvalue weighted by atomic mass is 10.1. The van der Waals surface area contributed by atoms with Crippen LogP contribution in [0.25, 0.3) is 10.9 Å². The van der Waals surface area contributed by atoms with E-state index in [9.17, 15) is 4.79 Å². The normalized spacial score (nSPS) is 13.3. The molecule has 0 unspecified atom stereocenters. The molecule has 1 aliphatic heterocycles. The first-order valence-corrected chi connectivity index (χ1v) is 15.6. The van der Waals surface area contributed by atoms with E-state index in [1.54, 1.807) is 44.7 Å². The van der Waals surface area contributed by atoms with E-state index in [2.05, 4.69) is 32.3 Å². The van der Waals surface area contributed by atoms with Gasteiger partial charge in [0.05, 0.1) is 32.6 Å². The minimum absolute atomic E-state index is 0.0232.